The van der Waals surface area contributed by atoms with Crippen molar-refractivity contribution in [3.05, 3.63) is 24.0 Å². The molecule has 0 aliphatic carbocycles. The van der Waals surface area contributed by atoms with E-state index in [9.17, 15) is 0 Å². The molecule has 1 aromatic heterocycles. The molecule has 0 aromatic carbocycles. The van der Waals surface area contributed by atoms with Crippen molar-refractivity contribution in [2.24, 2.45) is 0 Å². The molecule has 1 aromatic rings. The summed E-state index contributed by atoms with van der Waals surface area (Å²) >= 11 is 0. The molecular formula is C7H11N2Rb. The summed E-state index contributed by atoms with van der Waals surface area (Å²) in [6.07, 6.45) is 4.29. The van der Waals surface area contributed by atoms with Crippen molar-refractivity contribution in [2.45, 2.75) is 20.8 Å². The van der Waals surface area contributed by atoms with E-state index in [1.807, 2.05) is 20.8 Å². The molecular weight excluding hydrogens is 198 g/mol. The van der Waals surface area contributed by atoms with Gasteiger partial charge in [-0.05, 0) is 6.20 Å². The second-order valence-corrected chi connectivity index (χ2v) is 1.36. The number of hydrogen-bond donors (Lipinski definition) is 0. The quantitative estimate of drug-likeness (QED) is 0.491. The second kappa shape index (κ2) is 9.89. The van der Waals surface area contributed by atoms with Crippen LogP contribution in [0.4, 0.5) is 0 Å². The zero-order chi connectivity index (χ0) is 7.11. The van der Waals surface area contributed by atoms with Crippen molar-refractivity contribution in [1.29, 1.82) is 0 Å². The van der Waals surface area contributed by atoms with E-state index >= 15 is 0 Å². The van der Waals surface area contributed by atoms with Crippen molar-refractivity contribution in [3.63, 3.8) is 0 Å². The Morgan fingerprint density at radius 1 is 1.40 bits per heavy atom. The van der Waals surface area contributed by atoms with Crippen LogP contribution in [0.5, 0.6) is 0 Å². The third-order valence-electron chi connectivity index (χ3n) is 0.669. The fourth-order valence-electron chi connectivity index (χ4n) is 0.321. The summed E-state index contributed by atoms with van der Waals surface area (Å²) in [5.74, 6) is 0. The molecule has 2 nitrogen and oxygen atoms in total. The molecule has 1 heterocycles. The van der Waals surface area contributed by atoms with Crippen LogP contribution in [0.25, 0.3) is 0 Å². The number of nitrogens with zero attached hydrogens (tertiary/aromatic N) is 2. The molecule has 0 fully saturated rings. The van der Waals surface area contributed by atoms with Crippen molar-refractivity contribution >= 4 is 0 Å². The fourth-order valence-corrected chi connectivity index (χ4v) is 0.321. The first-order valence-electron chi connectivity index (χ1n) is 3.05. The van der Waals surface area contributed by atoms with E-state index in [0.717, 1.165) is 5.56 Å². The number of rotatable bonds is 0. The molecule has 0 saturated heterocycles. The van der Waals surface area contributed by atoms with Gasteiger partial charge in [0.25, 0.3) is 0 Å². The maximum atomic E-state index is 3.58. The Morgan fingerprint density at radius 3 is 2.20 bits per heavy atom. The summed E-state index contributed by atoms with van der Waals surface area (Å²) in [5.41, 5.74) is 1.09. The van der Waals surface area contributed by atoms with Crippen LogP contribution in [0.2, 0.25) is 0 Å². The van der Waals surface area contributed by atoms with Gasteiger partial charge in [-0.3, -0.25) is 5.10 Å². The Bertz CT molecular complexity index is 142. The van der Waals surface area contributed by atoms with Gasteiger partial charge in [-0.1, -0.05) is 13.8 Å². The predicted molar refractivity (Wildman–Crippen MR) is 37.0 cm³/mol. The van der Waals surface area contributed by atoms with Crippen LogP contribution >= 0.6 is 0 Å². The topological polar surface area (TPSA) is 25.8 Å². The first-order valence-corrected chi connectivity index (χ1v) is 3.05. The SMILES string of the molecule is CC.Cc1c[c-]nnc1.[Rb+]. The summed E-state index contributed by atoms with van der Waals surface area (Å²) in [4.78, 5) is 0. The minimum Gasteiger partial charge on any atom is -0.268 e. The summed E-state index contributed by atoms with van der Waals surface area (Å²) in [6.45, 7) is 5.95. The molecule has 0 saturated carbocycles. The second-order valence-electron chi connectivity index (χ2n) is 1.36. The fraction of sp³-hybridized carbons (Fsp3) is 0.429. The molecule has 0 spiro atoms. The van der Waals surface area contributed by atoms with Crippen LogP contribution in [0.1, 0.15) is 19.4 Å². The first kappa shape index (κ1) is 13.5. The van der Waals surface area contributed by atoms with Crippen molar-refractivity contribution in [2.75, 3.05) is 0 Å². The Labute approximate surface area is 111 Å². The molecule has 10 heavy (non-hydrogen) atoms. The van der Waals surface area contributed by atoms with Crippen molar-refractivity contribution < 1.29 is 58.2 Å². The summed E-state index contributed by atoms with van der Waals surface area (Å²) in [7, 11) is 0. The van der Waals surface area contributed by atoms with Gasteiger partial charge in [-0.2, -0.15) is 10.7 Å². The van der Waals surface area contributed by atoms with E-state index < -0.39 is 0 Å². The van der Waals surface area contributed by atoms with Gasteiger partial charge < -0.3 is 0 Å². The Morgan fingerprint density at radius 2 is 2.00 bits per heavy atom. The maximum Gasteiger partial charge on any atom is 1.00 e. The average molecular weight is 209 g/mol. The predicted octanol–water partition coefficient (Wildman–Crippen LogP) is -1.38. The molecule has 0 bridgehead atoms. The van der Waals surface area contributed by atoms with Gasteiger partial charge in [0.05, 0.1) is 0 Å². The van der Waals surface area contributed by atoms with Crippen LogP contribution in [-0.2, 0) is 0 Å². The molecule has 1 rings (SSSR count). The maximum absolute atomic E-state index is 3.58. The van der Waals surface area contributed by atoms with Gasteiger partial charge in [0.1, 0.15) is 0 Å². The van der Waals surface area contributed by atoms with Crippen LogP contribution in [0.3, 0.4) is 0 Å². The van der Waals surface area contributed by atoms with Crippen LogP contribution in [0.15, 0.2) is 12.3 Å². The third-order valence-corrected chi connectivity index (χ3v) is 0.669. The summed E-state index contributed by atoms with van der Waals surface area (Å²) < 4.78 is 0. The Balaban J connectivity index is 0. The first-order chi connectivity index (χ1) is 4.39. The smallest absolute Gasteiger partial charge is 0.268 e. The van der Waals surface area contributed by atoms with E-state index in [0.29, 0.717) is 0 Å². The van der Waals surface area contributed by atoms with Crippen molar-refractivity contribution in [3.8, 4) is 0 Å². The normalized spacial score (nSPS) is 6.70. The molecule has 0 aliphatic rings. The van der Waals surface area contributed by atoms with E-state index in [1.165, 1.54) is 0 Å². The molecule has 0 N–H and O–H groups in total. The van der Waals surface area contributed by atoms with Gasteiger partial charge in [-0.25, -0.2) is 6.07 Å². The molecule has 0 unspecified atom stereocenters. The number of aromatic nitrogens is 2. The molecule has 3 heteroatoms. The van der Waals surface area contributed by atoms with Crippen molar-refractivity contribution in [1.82, 2.24) is 10.2 Å². The average Bonchev–Trinajstić information content (AvgIpc) is 1.94. The molecule has 0 amide bonds. The number of hydrogen-bond acceptors (Lipinski definition) is 2. The Hall–Kier alpha value is 0.885. The van der Waals surface area contributed by atoms with E-state index in [1.54, 1.807) is 12.3 Å². The van der Waals surface area contributed by atoms with E-state index in [-0.39, 0.29) is 58.2 Å². The van der Waals surface area contributed by atoms with Crippen LogP contribution in [-0.4, -0.2) is 10.2 Å². The van der Waals surface area contributed by atoms with Gasteiger partial charge in [0.15, 0.2) is 0 Å². The minimum absolute atomic E-state index is 0. The van der Waals surface area contributed by atoms with Gasteiger partial charge in [-0.15, -0.1) is 13.1 Å². The van der Waals surface area contributed by atoms with E-state index in [4.69, 9.17) is 0 Å². The molecule has 0 radical (unpaired) electrons. The van der Waals surface area contributed by atoms with Crippen LogP contribution < -0.4 is 58.2 Å². The summed E-state index contributed by atoms with van der Waals surface area (Å²) in [5, 5.41) is 7.05. The monoisotopic (exact) mass is 208 g/mol. The minimum atomic E-state index is 0. The standard InChI is InChI=1S/C5H5N2.C2H6.Rb/c1-5-2-3-6-7-4-5;1-2;/h2,4H,1H3;1-2H3;/q-1;;+1. The summed E-state index contributed by atoms with van der Waals surface area (Å²) in [6, 6.07) is 1.78. The van der Waals surface area contributed by atoms with E-state index in [2.05, 4.69) is 16.4 Å². The molecule has 50 valence electrons. The zero-order valence-corrected chi connectivity index (χ0v) is 12.0. The van der Waals surface area contributed by atoms with Gasteiger partial charge >= 0.3 is 58.2 Å². The van der Waals surface area contributed by atoms with Crippen LogP contribution in [0, 0.1) is 13.1 Å². The molecule has 0 atom stereocenters. The largest absolute Gasteiger partial charge is 1.00 e. The number of aryl methyl sites for hydroxylation is 1. The van der Waals surface area contributed by atoms with Gasteiger partial charge in [0.2, 0.25) is 0 Å². The zero-order valence-electron chi connectivity index (χ0n) is 7.05. The molecule has 0 aliphatic heterocycles. The third kappa shape index (κ3) is 7.00. The van der Waals surface area contributed by atoms with Gasteiger partial charge in [0, 0.05) is 0 Å². The Kier molecular flexibility index (Phi) is 13.3.